The molecule has 1 N–H and O–H groups in total. The van der Waals surface area contributed by atoms with Crippen LogP contribution in [0, 0.1) is 18.2 Å². The first-order valence-electron chi connectivity index (χ1n) is 3.54. The Morgan fingerprint density at radius 1 is 1.77 bits per heavy atom. The monoisotopic (exact) mass is 199 g/mol. The highest BCUT2D eigenvalue weighted by atomic mass is 35.5. The van der Waals surface area contributed by atoms with E-state index in [9.17, 15) is 4.39 Å². The van der Waals surface area contributed by atoms with Crippen LogP contribution in [0.2, 0.25) is 5.28 Å². The summed E-state index contributed by atoms with van der Waals surface area (Å²) in [6.45, 7) is 1.70. The Labute approximate surface area is 80.3 Å². The number of rotatable bonds is 2. The minimum atomic E-state index is -0.577. The van der Waals surface area contributed by atoms with Crippen LogP contribution in [-0.4, -0.2) is 16.0 Å². The fourth-order valence-electron chi connectivity index (χ4n) is 0.694. The molecule has 0 aromatic carbocycles. The van der Waals surface area contributed by atoms with Gasteiger partial charge in [0.25, 0.3) is 0 Å². The van der Waals surface area contributed by atoms with Crippen LogP contribution >= 0.6 is 11.6 Å². The van der Waals surface area contributed by atoms with Crippen LogP contribution in [0.4, 0.5) is 10.2 Å². The van der Waals surface area contributed by atoms with Crippen molar-refractivity contribution in [2.45, 2.75) is 13.0 Å². The Hall–Kier alpha value is -1.34. The van der Waals surface area contributed by atoms with Crippen molar-refractivity contribution in [1.29, 1.82) is 0 Å². The van der Waals surface area contributed by atoms with Gasteiger partial charge in [0.2, 0.25) is 5.28 Å². The number of hydrogen-bond donors (Lipinski definition) is 1. The number of nitrogens with zero attached hydrogens (tertiary/aromatic N) is 2. The molecule has 1 rings (SSSR count). The van der Waals surface area contributed by atoms with E-state index < -0.39 is 5.82 Å². The van der Waals surface area contributed by atoms with Gasteiger partial charge in [-0.25, -0.2) is 9.37 Å². The van der Waals surface area contributed by atoms with Crippen LogP contribution in [-0.2, 0) is 0 Å². The molecule has 13 heavy (non-hydrogen) atoms. The van der Waals surface area contributed by atoms with Gasteiger partial charge in [0.15, 0.2) is 11.6 Å². The average molecular weight is 200 g/mol. The summed E-state index contributed by atoms with van der Waals surface area (Å²) < 4.78 is 13.0. The van der Waals surface area contributed by atoms with Gasteiger partial charge in [0, 0.05) is 0 Å². The van der Waals surface area contributed by atoms with Gasteiger partial charge >= 0.3 is 0 Å². The van der Waals surface area contributed by atoms with Crippen LogP contribution < -0.4 is 5.32 Å². The maximum Gasteiger partial charge on any atom is 0.224 e. The standard InChI is InChI=1S/C8H7ClFN3/c1-3-5(2)12-7-6(10)4-11-8(9)13-7/h1,4-5H,2H3,(H,11,12,13). The average Bonchev–Trinajstić information content (AvgIpc) is 2.11. The lowest BCUT2D eigenvalue weighted by molar-refractivity contribution is 0.616. The number of terminal acetylenes is 1. The first-order chi connectivity index (χ1) is 6.13. The topological polar surface area (TPSA) is 37.8 Å². The van der Waals surface area contributed by atoms with Crippen molar-refractivity contribution in [3.8, 4) is 12.3 Å². The number of anilines is 1. The van der Waals surface area contributed by atoms with E-state index in [-0.39, 0.29) is 17.1 Å². The molecule has 0 amide bonds. The van der Waals surface area contributed by atoms with E-state index in [0.29, 0.717) is 0 Å². The lowest BCUT2D eigenvalue weighted by atomic mass is 10.3. The molecule has 0 spiro atoms. The maximum atomic E-state index is 13.0. The Morgan fingerprint density at radius 3 is 3.08 bits per heavy atom. The molecule has 3 nitrogen and oxygen atoms in total. The zero-order chi connectivity index (χ0) is 9.84. The van der Waals surface area contributed by atoms with E-state index in [1.165, 1.54) is 0 Å². The number of nitrogens with one attached hydrogen (secondary N) is 1. The van der Waals surface area contributed by atoms with Crippen molar-refractivity contribution < 1.29 is 4.39 Å². The molecule has 68 valence electrons. The Kier molecular flexibility index (Phi) is 3.04. The SMILES string of the molecule is C#CC(C)Nc1nc(Cl)ncc1F. The quantitative estimate of drug-likeness (QED) is 0.582. The van der Waals surface area contributed by atoms with Gasteiger partial charge in [0.05, 0.1) is 12.2 Å². The molecule has 0 radical (unpaired) electrons. The third-order valence-corrected chi connectivity index (χ3v) is 1.50. The van der Waals surface area contributed by atoms with E-state index in [1.807, 2.05) is 0 Å². The van der Waals surface area contributed by atoms with Gasteiger partial charge in [-0.15, -0.1) is 6.42 Å². The molecule has 0 fully saturated rings. The molecule has 1 heterocycles. The third kappa shape index (κ3) is 2.56. The summed E-state index contributed by atoms with van der Waals surface area (Å²) >= 11 is 5.46. The number of hydrogen-bond acceptors (Lipinski definition) is 3. The van der Waals surface area contributed by atoms with Crippen molar-refractivity contribution in [3.05, 3.63) is 17.3 Å². The van der Waals surface area contributed by atoms with Crippen LogP contribution in [0.15, 0.2) is 6.20 Å². The minimum absolute atomic E-state index is 0.0189. The minimum Gasteiger partial charge on any atom is -0.354 e. The molecule has 1 atom stereocenters. The van der Waals surface area contributed by atoms with Crippen LogP contribution in [0.3, 0.4) is 0 Å². The molecular weight excluding hydrogens is 193 g/mol. The number of halogens is 2. The van der Waals surface area contributed by atoms with Crippen molar-refractivity contribution in [3.63, 3.8) is 0 Å². The summed E-state index contributed by atoms with van der Waals surface area (Å²) in [6.07, 6.45) is 6.08. The highest BCUT2D eigenvalue weighted by Gasteiger charge is 2.06. The molecule has 0 saturated carbocycles. The van der Waals surface area contributed by atoms with Gasteiger partial charge in [-0.1, -0.05) is 5.92 Å². The summed E-state index contributed by atoms with van der Waals surface area (Å²) in [6, 6.07) is -0.305. The zero-order valence-corrected chi connectivity index (χ0v) is 7.64. The molecule has 5 heteroatoms. The highest BCUT2D eigenvalue weighted by Crippen LogP contribution is 2.12. The second kappa shape index (κ2) is 4.06. The van der Waals surface area contributed by atoms with Crippen molar-refractivity contribution >= 4 is 17.4 Å². The third-order valence-electron chi connectivity index (χ3n) is 1.32. The molecular formula is C8H7ClFN3. The fourth-order valence-corrected chi connectivity index (χ4v) is 0.827. The van der Waals surface area contributed by atoms with E-state index >= 15 is 0 Å². The summed E-state index contributed by atoms with van der Waals surface area (Å²) in [5.74, 6) is 1.82. The van der Waals surface area contributed by atoms with Gasteiger partial charge in [-0.2, -0.15) is 4.98 Å². The predicted molar refractivity (Wildman–Crippen MR) is 48.9 cm³/mol. The van der Waals surface area contributed by atoms with Crippen LogP contribution in [0.25, 0.3) is 0 Å². The highest BCUT2D eigenvalue weighted by molar-refractivity contribution is 6.28. The lowest BCUT2D eigenvalue weighted by Crippen LogP contribution is -2.14. The van der Waals surface area contributed by atoms with Gasteiger partial charge in [0.1, 0.15) is 0 Å². The lowest BCUT2D eigenvalue weighted by Gasteiger charge is -2.08. The van der Waals surface area contributed by atoms with E-state index in [2.05, 4.69) is 21.2 Å². The molecule has 1 aromatic heterocycles. The molecule has 0 bridgehead atoms. The van der Waals surface area contributed by atoms with Crippen LogP contribution in [0.1, 0.15) is 6.92 Å². The first-order valence-corrected chi connectivity index (χ1v) is 3.92. The predicted octanol–water partition coefficient (Wildman–Crippen LogP) is 1.70. The molecule has 1 aromatic rings. The first kappa shape index (κ1) is 9.75. The van der Waals surface area contributed by atoms with Crippen molar-refractivity contribution in [2.75, 3.05) is 5.32 Å². The Morgan fingerprint density at radius 2 is 2.46 bits per heavy atom. The molecule has 0 saturated heterocycles. The largest absolute Gasteiger partial charge is 0.354 e. The summed E-state index contributed by atoms with van der Waals surface area (Å²) in [4.78, 5) is 7.09. The van der Waals surface area contributed by atoms with Crippen molar-refractivity contribution in [1.82, 2.24) is 9.97 Å². The van der Waals surface area contributed by atoms with Gasteiger partial charge in [-0.05, 0) is 18.5 Å². The second-order valence-corrected chi connectivity index (χ2v) is 2.71. The molecule has 0 aliphatic carbocycles. The fraction of sp³-hybridized carbons (Fsp3) is 0.250. The normalized spacial score (nSPS) is 11.8. The number of aromatic nitrogens is 2. The van der Waals surface area contributed by atoms with Crippen LogP contribution in [0.5, 0.6) is 0 Å². The van der Waals surface area contributed by atoms with Gasteiger partial charge in [-0.3, -0.25) is 0 Å². The molecule has 0 aliphatic heterocycles. The molecule has 0 aliphatic rings. The molecule has 1 unspecified atom stereocenters. The summed E-state index contributed by atoms with van der Waals surface area (Å²) in [5.41, 5.74) is 0. The Balaban J connectivity index is 2.88. The zero-order valence-electron chi connectivity index (χ0n) is 6.88. The maximum absolute atomic E-state index is 13.0. The second-order valence-electron chi connectivity index (χ2n) is 2.37. The van der Waals surface area contributed by atoms with E-state index in [4.69, 9.17) is 18.0 Å². The van der Waals surface area contributed by atoms with E-state index in [1.54, 1.807) is 6.92 Å². The van der Waals surface area contributed by atoms with Crippen molar-refractivity contribution in [2.24, 2.45) is 0 Å². The smallest absolute Gasteiger partial charge is 0.224 e. The summed E-state index contributed by atoms with van der Waals surface area (Å²) in [5, 5.41) is 2.63. The Bertz CT molecular complexity index is 348. The van der Waals surface area contributed by atoms with E-state index in [0.717, 1.165) is 6.20 Å². The van der Waals surface area contributed by atoms with Gasteiger partial charge < -0.3 is 5.32 Å². The summed E-state index contributed by atoms with van der Waals surface area (Å²) in [7, 11) is 0.